The average molecular weight is 441 g/mol. The van der Waals surface area contributed by atoms with E-state index in [1.165, 1.54) is 0 Å². The lowest BCUT2D eigenvalue weighted by Gasteiger charge is -2.32. The van der Waals surface area contributed by atoms with Crippen LogP contribution in [-0.4, -0.2) is 22.0 Å². The highest BCUT2D eigenvalue weighted by Crippen LogP contribution is 2.43. The maximum atomic E-state index is 12.7. The number of halogens is 2. The number of hydrogen-bond donors (Lipinski definition) is 2. The van der Waals surface area contributed by atoms with Crippen molar-refractivity contribution in [1.29, 1.82) is 0 Å². The summed E-state index contributed by atoms with van der Waals surface area (Å²) in [5, 5.41) is 4.40. The van der Waals surface area contributed by atoms with Crippen molar-refractivity contribution in [3.63, 3.8) is 0 Å². The normalized spacial score (nSPS) is 19.4. The van der Waals surface area contributed by atoms with Crippen LogP contribution in [0.15, 0.2) is 41.3 Å². The topological polar surface area (TPSA) is 58.2 Å². The van der Waals surface area contributed by atoms with Crippen molar-refractivity contribution in [1.82, 2.24) is 10.0 Å². The molecule has 0 aromatic heterocycles. The van der Waals surface area contributed by atoms with Crippen LogP contribution in [0.4, 0.5) is 0 Å². The third-order valence-electron chi connectivity index (χ3n) is 5.38. The minimum absolute atomic E-state index is 0.125. The molecule has 0 saturated heterocycles. The molecule has 0 bridgehead atoms. The first kappa shape index (κ1) is 21.6. The Labute approximate surface area is 177 Å². The maximum absolute atomic E-state index is 12.7. The van der Waals surface area contributed by atoms with Gasteiger partial charge in [0.1, 0.15) is 0 Å². The second kappa shape index (κ2) is 9.14. The van der Waals surface area contributed by atoms with E-state index in [2.05, 4.69) is 10.0 Å². The number of fused-ring (bicyclic) bond motifs is 1. The molecule has 28 heavy (non-hydrogen) atoms. The van der Waals surface area contributed by atoms with E-state index < -0.39 is 10.0 Å². The first-order chi connectivity index (χ1) is 13.4. The van der Waals surface area contributed by atoms with Gasteiger partial charge in [-0.25, -0.2) is 13.1 Å². The van der Waals surface area contributed by atoms with Gasteiger partial charge in [0.15, 0.2) is 0 Å². The quantitative estimate of drug-likeness (QED) is 0.577. The predicted molar refractivity (Wildman–Crippen MR) is 116 cm³/mol. The van der Waals surface area contributed by atoms with Crippen LogP contribution in [0.3, 0.4) is 0 Å². The molecule has 1 aliphatic carbocycles. The molecule has 2 N–H and O–H groups in total. The Balaban J connectivity index is 1.99. The van der Waals surface area contributed by atoms with Crippen LogP contribution in [0.1, 0.15) is 61.3 Å². The fraction of sp³-hybridized carbons (Fsp3) is 0.429. The molecule has 4 nitrogen and oxygen atoms in total. The molecule has 2 aromatic rings. The lowest BCUT2D eigenvalue weighted by Crippen LogP contribution is -2.27. The van der Waals surface area contributed by atoms with Crippen molar-refractivity contribution in [2.75, 3.05) is 13.6 Å². The van der Waals surface area contributed by atoms with Crippen LogP contribution in [0.2, 0.25) is 10.0 Å². The van der Waals surface area contributed by atoms with Gasteiger partial charge in [-0.2, -0.15) is 0 Å². The van der Waals surface area contributed by atoms with E-state index in [9.17, 15) is 8.42 Å². The largest absolute Gasteiger partial charge is 0.313 e. The zero-order valence-electron chi connectivity index (χ0n) is 16.1. The predicted octanol–water partition coefficient (Wildman–Crippen LogP) is 5.26. The number of rotatable bonds is 7. The molecule has 3 rings (SSSR count). The van der Waals surface area contributed by atoms with E-state index in [1.54, 1.807) is 6.07 Å². The fourth-order valence-electron chi connectivity index (χ4n) is 3.83. The molecule has 1 aliphatic rings. The monoisotopic (exact) mass is 440 g/mol. The summed E-state index contributed by atoms with van der Waals surface area (Å²) in [5.41, 5.74) is 3.27. The van der Waals surface area contributed by atoms with Crippen LogP contribution in [0.5, 0.6) is 0 Å². The summed E-state index contributed by atoms with van der Waals surface area (Å²) in [4.78, 5) is 0.317. The van der Waals surface area contributed by atoms with E-state index in [1.807, 2.05) is 44.3 Å². The molecule has 7 heteroatoms. The van der Waals surface area contributed by atoms with Crippen molar-refractivity contribution in [2.24, 2.45) is 0 Å². The molecule has 152 valence electrons. The van der Waals surface area contributed by atoms with Gasteiger partial charge in [0.25, 0.3) is 0 Å². The fourth-order valence-corrected chi connectivity index (χ4v) is 5.24. The third kappa shape index (κ3) is 4.55. The first-order valence-electron chi connectivity index (χ1n) is 9.63. The van der Waals surface area contributed by atoms with E-state index in [0.717, 1.165) is 42.4 Å². The highest BCUT2D eigenvalue weighted by atomic mass is 35.5. The highest BCUT2D eigenvalue weighted by Gasteiger charge is 2.29. The van der Waals surface area contributed by atoms with Crippen molar-refractivity contribution >= 4 is 33.2 Å². The Bertz CT molecular complexity index is 947. The zero-order chi connectivity index (χ0) is 20.3. The summed E-state index contributed by atoms with van der Waals surface area (Å²) in [7, 11) is -1.60. The molecule has 0 radical (unpaired) electrons. The van der Waals surface area contributed by atoms with Crippen molar-refractivity contribution < 1.29 is 8.42 Å². The molecule has 0 aliphatic heterocycles. The standard InChI is InChI=1S/C21H26Cl2N2O2S/c1-3-4-11-25-28(26,27)15-6-7-17-16(8-10-21(24-2)18(17)13-15)14-5-9-19(22)20(23)12-14/h5-7,9,12-13,16,21,24-25H,3-4,8,10-11H2,1-2H3/t16-,21-/m0/s1. The molecule has 0 amide bonds. The molecule has 0 fully saturated rings. The van der Waals surface area contributed by atoms with Gasteiger partial charge in [-0.05, 0) is 67.3 Å². The number of nitrogens with one attached hydrogen (secondary N) is 2. The molecular weight excluding hydrogens is 415 g/mol. The average Bonchev–Trinajstić information content (AvgIpc) is 2.69. The number of sulfonamides is 1. The van der Waals surface area contributed by atoms with E-state index in [0.29, 0.717) is 21.5 Å². The van der Waals surface area contributed by atoms with Crippen LogP contribution < -0.4 is 10.0 Å². The van der Waals surface area contributed by atoms with Crippen LogP contribution >= 0.6 is 23.2 Å². The van der Waals surface area contributed by atoms with Crippen LogP contribution in [-0.2, 0) is 10.0 Å². The summed E-state index contributed by atoms with van der Waals surface area (Å²) in [5.74, 6) is 0.166. The van der Waals surface area contributed by atoms with Gasteiger partial charge < -0.3 is 5.32 Å². The zero-order valence-corrected chi connectivity index (χ0v) is 18.5. The highest BCUT2D eigenvalue weighted by molar-refractivity contribution is 7.89. The van der Waals surface area contributed by atoms with Gasteiger partial charge in [-0.3, -0.25) is 0 Å². The summed E-state index contributed by atoms with van der Waals surface area (Å²) < 4.78 is 28.0. The van der Waals surface area contributed by atoms with Gasteiger partial charge in [-0.1, -0.05) is 48.7 Å². The SMILES string of the molecule is CCCCNS(=O)(=O)c1ccc2c(c1)[C@@H](NC)CC[C@H]2c1ccc(Cl)c(Cl)c1. The summed E-state index contributed by atoms with van der Waals surface area (Å²) in [6, 6.07) is 11.3. The van der Waals surface area contributed by atoms with Crippen molar-refractivity contribution in [3.05, 3.63) is 63.1 Å². The second-order valence-corrected chi connectivity index (χ2v) is 9.77. The van der Waals surface area contributed by atoms with Crippen LogP contribution in [0, 0.1) is 0 Å². The molecule has 0 spiro atoms. The molecule has 0 heterocycles. The van der Waals surface area contributed by atoms with E-state index >= 15 is 0 Å². The van der Waals surface area contributed by atoms with E-state index in [4.69, 9.17) is 23.2 Å². The molecule has 0 saturated carbocycles. The second-order valence-electron chi connectivity index (χ2n) is 7.19. The van der Waals surface area contributed by atoms with Gasteiger partial charge in [0.2, 0.25) is 10.0 Å². The number of benzene rings is 2. The Morgan fingerprint density at radius 3 is 2.50 bits per heavy atom. The lowest BCUT2D eigenvalue weighted by atomic mass is 9.77. The van der Waals surface area contributed by atoms with Crippen LogP contribution in [0.25, 0.3) is 0 Å². The first-order valence-corrected chi connectivity index (χ1v) is 11.9. The lowest BCUT2D eigenvalue weighted by molar-refractivity contribution is 0.469. The minimum atomic E-state index is -3.51. The number of hydrogen-bond acceptors (Lipinski definition) is 3. The summed E-state index contributed by atoms with van der Waals surface area (Å²) >= 11 is 12.3. The Kier molecular flexibility index (Phi) is 7.05. The van der Waals surface area contributed by atoms with E-state index in [-0.39, 0.29) is 12.0 Å². The Hall–Kier alpha value is -1.11. The van der Waals surface area contributed by atoms with Gasteiger partial charge in [0.05, 0.1) is 14.9 Å². The third-order valence-corrected chi connectivity index (χ3v) is 7.58. The molecule has 0 unspecified atom stereocenters. The summed E-state index contributed by atoms with van der Waals surface area (Å²) in [6.45, 7) is 2.49. The molecule has 2 atom stereocenters. The summed E-state index contributed by atoms with van der Waals surface area (Å²) in [6.07, 6.45) is 3.64. The molecule has 2 aromatic carbocycles. The van der Waals surface area contributed by atoms with Crippen molar-refractivity contribution in [2.45, 2.75) is 49.5 Å². The maximum Gasteiger partial charge on any atom is 0.240 e. The smallest absolute Gasteiger partial charge is 0.240 e. The van der Waals surface area contributed by atoms with Gasteiger partial charge in [-0.15, -0.1) is 0 Å². The van der Waals surface area contributed by atoms with Gasteiger partial charge in [0, 0.05) is 18.5 Å². The van der Waals surface area contributed by atoms with Crippen molar-refractivity contribution in [3.8, 4) is 0 Å². The number of unbranched alkanes of at least 4 members (excludes halogenated alkanes) is 1. The Morgan fingerprint density at radius 2 is 1.82 bits per heavy atom. The van der Waals surface area contributed by atoms with Gasteiger partial charge >= 0.3 is 0 Å². The minimum Gasteiger partial charge on any atom is -0.313 e. The molecular formula is C21H26Cl2N2O2S. The Morgan fingerprint density at radius 1 is 1.04 bits per heavy atom.